The summed E-state index contributed by atoms with van der Waals surface area (Å²) in [7, 11) is 0. The van der Waals surface area contributed by atoms with E-state index in [1.807, 2.05) is 50.4 Å². The maximum absolute atomic E-state index is 10.8. The third-order valence-corrected chi connectivity index (χ3v) is 2.98. The molecule has 0 aliphatic heterocycles. The normalized spacial score (nSPS) is 11.4. The van der Waals surface area contributed by atoms with E-state index in [0.29, 0.717) is 0 Å². The van der Waals surface area contributed by atoms with Crippen molar-refractivity contribution in [1.82, 2.24) is 9.78 Å². The van der Waals surface area contributed by atoms with E-state index in [2.05, 4.69) is 5.10 Å². The van der Waals surface area contributed by atoms with Crippen LogP contribution >= 0.6 is 0 Å². The van der Waals surface area contributed by atoms with Crippen molar-refractivity contribution in [2.45, 2.75) is 25.7 Å². The van der Waals surface area contributed by atoms with E-state index in [1.165, 1.54) is 0 Å². The summed E-state index contributed by atoms with van der Waals surface area (Å²) < 4.78 is 1.76. The van der Waals surface area contributed by atoms with Gasteiger partial charge in [0.2, 0.25) is 0 Å². The lowest BCUT2D eigenvalue weighted by Gasteiger charge is -2.20. The van der Waals surface area contributed by atoms with E-state index in [9.17, 15) is 4.79 Å². The molecule has 4 heteroatoms. The largest absolute Gasteiger partial charge is 0.481 e. The van der Waals surface area contributed by atoms with Crippen LogP contribution in [0, 0.1) is 0 Å². The molecule has 4 nitrogen and oxygen atoms in total. The molecule has 0 amide bonds. The zero-order valence-electron chi connectivity index (χ0n) is 10.5. The first-order valence-electron chi connectivity index (χ1n) is 5.81. The van der Waals surface area contributed by atoms with Crippen molar-refractivity contribution in [3.63, 3.8) is 0 Å². The summed E-state index contributed by atoms with van der Waals surface area (Å²) >= 11 is 0. The maximum Gasteiger partial charge on any atom is 0.304 e. The van der Waals surface area contributed by atoms with Gasteiger partial charge in [-0.15, -0.1) is 0 Å². The number of hydrogen-bond donors (Lipinski definition) is 1. The van der Waals surface area contributed by atoms with Crippen molar-refractivity contribution in [3.05, 3.63) is 48.3 Å². The molecule has 0 atom stereocenters. The average Bonchev–Trinajstić information content (AvgIpc) is 2.78. The molecule has 18 heavy (non-hydrogen) atoms. The van der Waals surface area contributed by atoms with E-state index < -0.39 is 11.4 Å². The van der Waals surface area contributed by atoms with Crippen molar-refractivity contribution < 1.29 is 9.90 Å². The molecular formula is C14H16N2O2. The van der Waals surface area contributed by atoms with Gasteiger partial charge in [-0.05, 0) is 17.7 Å². The molecule has 1 N–H and O–H groups in total. The molecule has 2 rings (SSSR count). The monoisotopic (exact) mass is 244 g/mol. The average molecular weight is 244 g/mol. The Balaban J connectivity index is 2.28. The molecule has 0 bridgehead atoms. The second-order valence-electron chi connectivity index (χ2n) is 4.96. The zero-order valence-corrected chi connectivity index (χ0v) is 10.5. The summed E-state index contributed by atoms with van der Waals surface area (Å²) in [5.41, 5.74) is 1.47. The number of nitrogens with zero attached hydrogens (tertiary/aromatic N) is 2. The third kappa shape index (κ3) is 2.59. The molecule has 0 saturated carbocycles. The van der Waals surface area contributed by atoms with Crippen LogP contribution in [0.15, 0.2) is 42.7 Å². The Bertz CT molecular complexity index is 544. The van der Waals surface area contributed by atoms with Gasteiger partial charge >= 0.3 is 5.97 Å². The summed E-state index contributed by atoms with van der Waals surface area (Å²) in [6.45, 7) is 3.82. The summed E-state index contributed by atoms with van der Waals surface area (Å²) in [6.07, 6.45) is 3.71. The molecule has 1 heterocycles. The van der Waals surface area contributed by atoms with Crippen LogP contribution in [0.3, 0.4) is 0 Å². The van der Waals surface area contributed by atoms with Crippen LogP contribution in [-0.4, -0.2) is 20.9 Å². The van der Waals surface area contributed by atoms with Crippen molar-refractivity contribution in [1.29, 1.82) is 0 Å². The van der Waals surface area contributed by atoms with Gasteiger partial charge in [-0.1, -0.05) is 32.0 Å². The molecule has 0 aliphatic carbocycles. The van der Waals surface area contributed by atoms with E-state index in [0.717, 1.165) is 11.3 Å². The number of carbonyl (C=O) groups is 1. The number of para-hydroxylation sites is 1. The first kappa shape index (κ1) is 12.4. The molecule has 1 aromatic heterocycles. The van der Waals surface area contributed by atoms with E-state index in [4.69, 9.17) is 5.11 Å². The fraction of sp³-hybridized carbons (Fsp3) is 0.286. The molecule has 0 aliphatic rings. The van der Waals surface area contributed by atoms with Gasteiger partial charge < -0.3 is 5.11 Å². The maximum atomic E-state index is 10.8. The zero-order chi connectivity index (χ0) is 13.2. The Kier molecular flexibility index (Phi) is 3.19. The van der Waals surface area contributed by atoms with Crippen LogP contribution in [0.5, 0.6) is 0 Å². The van der Waals surface area contributed by atoms with Crippen LogP contribution in [-0.2, 0) is 10.2 Å². The van der Waals surface area contributed by atoms with E-state index in [-0.39, 0.29) is 6.42 Å². The van der Waals surface area contributed by atoms with Crippen LogP contribution in [0.1, 0.15) is 25.8 Å². The number of carboxylic acids is 1. The van der Waals surface area contributed by atoms with Gasteiger partial charge in [0.25, 0.3) is 0 Å². The highest BCUT2D eigenvalue weighted by Crippen LogP contribution is 2.27. The summed E-state index contributed by atoms with van der Waals surface area (Å²) in [5, 5.41) is 13.2. The second-order valence-corrected chi connectivity index (χ2v) is 4.96. The molecule has 0 fully saturated rings. The SMILES string of the molecule is CC(C)(CC(=O)O)c1cnn(-c2ccccc2)c1. The lowest BCUT2D eigenvalue weighted by Crippen LogP contribution is -2.21. The lowest BCUT2D eigenvalue weighted by molar-refractivity contribution is -0.138. The second kappa shape index (κ2) is 4.64. The molecular weight excluding hydrogens is 228 g/mol. The minimum atomic E-state index is -0.799. The molecule has 0 unspecified atom stereocenters. The van der Waals surface area contributed by atoms with Crippen molar-refractivity contribution in [2.24, 2.45) is 0 Å². The van der Waals surface area contributed by atoms with Gasteiger partial charge in [0.15, 0.2) is 0 Å². The molecule has 2 aromatic rings. The fourth-order valence-electron chi connectivity index (χ4n) is 1.87. The number of hydrogen-bond acceptors (Lipinski definition) is 2. The van der Waals surface area contributed by atoms with Crippen molar-refractivity contribution in [2.75, 3.05) is 0 Å². The van der Waals surface area contributed by atoms with Crippen LogP contribution in [0.4, 0.5) is 0 Å². The fourth-order valence-corrected chi connectivity index (χ4v) is 1.87. The van der Waals surface area contributed by atoms with Crippen LogP contribution in [0.2, 0.25) is 0 Å². The predicted octanol–water partition coefficient (Wildman–Crippen LogP) is 2.62. The van der Waals surface area contributed by atoms with Crippen LogP contribution < -0.4 is 0 Å². The number of aliphatic carboxylic acids is 1. The summed E-state index contributed by atoms with van der Waals surface area (Å²) in [5.74, 6) is -0.799. The summed E-state index contributed by atoms with van der Waals surface area (Å²) in [6, 6.07) is 9.75. The standard InChI is InChI=1S/C14H16N2O2/c1-14(2,8-13(17)18)11-9-15-16(10-11)12-6-4-3-5-7-12/h3-7,9-10H,8H2,1-2H3,(H,17,18). The Morgan fingerprint density at radius 2 is 2.00 bits per heavy atom. The Hall–Kier alpha value is -2.10. The first-order valence-corrected chi connectivity index (χ1v) is 5.81. The van der Waals surface area contributed by atoms with Gasteiger partial charge in [0.05, 0.1) is 18.3 Å². The van der Waals surface area contributed by atoms with Gasteiger partial charge in [0.1, 0.15) is 0 Å². The summed E-state index contributed by atoms with van der Waals surface area (Å²) in [4.78, 5) is 10.8. The highest BCUT2D eigenvalue weighted by Gasteiger charge is 2.25. The number of aromatic nitrogens is 2. The Morgan fingerprint density at radius 1 is 1.33 bits per heavy atom. The predicted molar refractivity (Wildman–Crippen MR) is 68.8 cm³/mol. The minimum Gasteiger partial charge on any atom is -0.481 e. The minimum absolute atomic E-state index is 0.0908. The molecule has 1 aromatic carbocycles. The lowest BCUT2D eigenvalue weighted by atomic mass is 9.83. The van der Waals surface area contributed by atoms with Gasteiger partial charge in [-0.3, -0.25) is 4.79 Å². The van der Waals surface area contributed by atoms with E-state index in [1.54, 1.807) is 10.9 Å². The van der Waals surface area contributed by atoms with Gasteiger partial charge in [-0.2, -0.15) is 5.10 Å². The molecule has 0 radical (unpaired) electrons. The Morgan fingerprint density at radius 3 is 2.61 bits per heavy atom. The van der Waals surface area contributed by atoms with Crippen molar-refractivity contribution >= 4 is 5.97 Å². The molecule has 0 spiro atoms. The highest BCUT2D eigenvalue weighted by molar-refractivity contribution is 5.68. The highest BCUT2D eigenvalue weighted by atomic mass is 16.4. The number of carboxylic acid groups (broad SMARTS) is 1. The topological polar surface area (TPSA) is 55.1 Å². The van der Waals surface area contributed by atoms with Crippen molar-refractivity contribution in [3.8, 4) is 5.69 Å². The third-order valence-electron chi connectivity index (χ3n) is 2.98. The number of rotatable bonds is 4. The molecule has 0 saturated heterocycles. The van der Waals surface area contributed by atoms with Gasteiger partial charge in [0, 0.05) is 11.6 Å². The van der Waals surface area contributed by atoms with Crippen LogP contribution in [0.25, 0.3) is 5.69 Å². The quantitative estimate of drug-likeness (QED) is 0.899. The van der Waals surface area contributed by atoms with E-state index >= 15 is 0 Å². The molecule has 94 valence electrons. The Labute approximate surface area is 106 Å². The van der Waals surface area contributed by atoms with Gasteiger partial charge in [-0.25, -0.2) is 4.68 Å². The first-order chi connectivity index (χ1) is 8.49. The number of benzene rings is 1. The smallest absolute Gasteiger partial charge is 0.304 e.